The highest BCUT2D eigenvalue weighted by Gasteiger charge is 2.38. The Morgan fingerprint density at radius 3 is 2.36 bits per heavy atom. The maximum absolute atomic E-state index is 13.3. The predicted molar refractivity (Wildman–Crippen MR) is 131 cm³/mol. The second-order valence-corrected chi connectivity index (χ2v) is 9.78. The van der Waals surface area contributed by atoms with E-state index in [4.69, 9.17) is 0 Å². The number of hydrogen-bond acceptors (Lipinski definition) is 4. The van der Waals surface area contributed by atoms with E-state index in [1.165, 1.54) is 11.3 Å². The van der Waals surface area contributed by atoms with Gasteiger partial charge in [0, 0.05) is 17.8 Å². The lowest BCUT2D eigenvalue weighted by Gasteiger charge is -2.47. The Bertz CT molecular complexity index is 1170. The summed E-state index contributed by atoms with van der Waals surface area (Å²) in [5, 5.41) is 2.32. The molecule has 2 aliphatic heterocycles. The second-order valence-electron chi connectivity index (χ2n) is 9.78. The molecule has 1 N–H and O–H groups in total. The first kappa shape index (κ1) is 22.8. The summed E-state index contributed by atoms with van der Waals surface area (Å²) in [5.74, 6) is -0.941. The molecule has 2 heterocycles. The van der Waals surface area contributed by atoms with Crippen LogP contribution in [-0.4, -0.2) is 29.9 Å². The molecule has 0 radical (unpaired) electrons. The normalized spacial score (nSPS) is 21.3. The first-order valence-corrected chi connectivity index (χ1v) is 11.4. The van der Waals surface area contributed by atoms with Gasteiger partial charge in [-0.1, -0.05) is 19.1 Å². The fourth-order valence-corrected chi connectivity index (χ4v) is 5.34. The van der Waals surface area contributed by atoms with E-state index >= 15 is 0 Å². The molecule has 0 saturated carbocycles. The van der Waals surface area contributed by atoms with Crippen molar-refractivity contribution in [3.63, 3.8) is 0 Å². The lowest BCUT2D eigenvalue weighted by molar-refractivity contribution is -0.122. The van der Waals surface area contributed by atoms with Crippen LogP contribution in [0.1, 0.15) is 62.3 Å². The quantitative estimate of drug-likeness (QED) is 0.528. The van der Waals surface area contributed by atoms with Gasteiger partial charge in [-0.2, -0.15) is 0 Å². The van der Waals surface area contributed by atoms with Crippen LogP contribution in [0.15, 0.2) is 42.0 Å². The average Bonchev–Trinajstić information content (AvgIpc) is 2.70. The van der Waals surface area contributed by atoms with Gasteiger partial charge in [0.1, 0.15) is 5.57 Å². The Hall–Kier alpha value is -3.41. The summed E-state index contributed by atoms with van der Waals surface area (Å²) in [6, 6.07) is 10.8. The SMILES string of the molecule is CCN1c2ccc(/C=C3\C(=O)NC(=O)N(c4cc(C)cc(C)c4)C3=O)cc2[C@H](C)CC1(C)C. The zero-order valence-electron chi connectivity index (χ0n) is 20.2. The molecule has 4 rings (SSSR count). The van der Waals surface area contributed by atoms with E-state index in [1.807, 2.05) is 26.0 Å². The van der Waals surface area contributed by atoms with Gasteiger partial charge in [-0.25, -0.2) is 9.69 Å². The number of nitrogens with one attached hydrogen (secondary N) is 1. The van der Waals surface area contributed by atoms with E-state index in [2.05, 4.69) is 50.0 Å². The number of fused-ring (bicyclic) bond motifs is 1. The fourth-order valence-electron chi connectivity index (χ4n) is 5.34. The van der Waals surface area contributed by atoms with Crippen LogP contribution in [-0.2, 0) is 9.59 Å². The highest BCUT2D eigenvalue weighted by Crippen LogP contribution is 2.43. The smallest absolute Gasteiger partial charge is 0.335 e. The third kappa shape index (κ3) is 4.06. The summed E-state index contributed by atoms with van der Waals surface area (Å²) in [6.07, 6.45) is 2.60. The largest absolute Gasteiger partial charge is 0.366 e. The number of aryl methyl sites for hydroxylation is 2. The van der Waals surface area contributed by atoms with Gasteiger partial charge in [0.25, 0.3) is 11.8 Å². The summed E-state index contributed by atoms with van der Waals surface area (Å²) in [7, 11) is 0. The van der Waals surface area contributed by atoms with Gasteiger partial charge in [-0.15, -0.1) is 0 Å². The van der Waals surface area contributed by atoms with Gasteiger partial charge in [0.2, 0.25) is 0 Å². The average molecular weight is 446 g/mol. The second kappa shape index (κ2) is 8.18. The number of nitrogens with zero attached hydrogens (tertiary/aromatic N) is 2. The molecule has 0 aromatic heterocycles. The molecule has 0 aliphatic carbocycles. The number of rotatable bonds is 3. The van der Waals surface area contributed by atoms with Crippen molar-refractivity contribution in [1.82, 2.24) is 5.32 Å². The molecule has 2 aliphatic rings. The number of anilines is 2. The van der Waals surface area contributed by atoms with Gasteiger partial charge >= 0.3 is 6.03 Å². The number of benzene rings is 2. The van der Waals surface area contributed by atoms with Crippen LogP contribution < -0.4 is 15.1 Å². The minimum absolute atomic E-state index is 0.0511. The van der Waals surface area contributed by atoms with Crippen molar-refractivity contribution in [3.05, 3.63) is 64.2 Å². The van der Waals surface area contributed by atoms with Crippen LogP contribution in [0.2, 0.25) is 0 Å². The molecule has 6 nitrogen and oxygen atoms in total. The van der Waals surface area contributed by atoms with E-state index in [9.17, 15) is 14.4 Å². The predicted octanol–water partition coefficient (Wildman–Crippen LogP) is 5.08. The van der Waals surface area contributed by atoms with Gasteiger partial charge in [0.15, 0.2) is 0 Å². The third-order valence-corrected chi connectivity index (χ3v) is 6.60. The van der Waals surface area contributed by atoms with Gasteiger partial charge in [0.05, 0.1) is 5.69 Å². The zero-order chi connectivity index (χ0) is 24.1. The van der Waals surface area contributed by atoms with E-state index in [1.54, 1.807) is 18.2 Å². The lowest BCUT2D eigenvalue weighted by Crippen LogP contribution is -2.54. The Kier molecular flexibility index (Phi) is 5.64. The maximum atomic E-state index is 13.3. The molecule has 4 amide bonds. The van der Waals surface area contributed by atoms with Crippen LogP contribution in [0.4, 0.5) is 16.2 Å². The number of hydrogen-bond donors (Lipinski definition) is 1. The monoisotopic (exact) mass is 445 g/mol. The fraction of sp³-hybridized carbons (Fsp3) is 0.370. The first-order chi connectivity index (χ1) is 15.5. The van der Waals surface area contributed by atoms with Crippen molar-refractivity contribution in [2.45, 2.75) is 59.4 Å². The van der Waals surface area contributed by atoms with Gasteiger partial charge in [-0.3, -0.25) is 14.9 Å². The van der Waals surface area contributed by atoms with E-state index in [0.29, 0.717) is 11.6 Å². The zero-order valence-corrected chi connectivity index (χ0v) is 20.2. The Morgan fingerprint density at radius 1 is 1.06 bits per heavy atom. The lowest BCUT2D eigenvalue weighted by atomic mass is 9.79. The van der Waals surface area contributed by atoms with Crippen molar-refractivity contribution in [2.75, 3.05) is 16.3 Å². The topological polar surface area (TPSA) is 69.7 Å². The molecule has 6 heteroatoms. The van der Waals surface area contributed by atoms with Crippen molar-refractivity contribution in [3.8, 4) is 0 Å². The van der Waals surface area contributed by atoms with Crippen LogP contribution in [0.5, 0.6) is 0 Å². The molecule has 33 heavy (non-hydrogen) atoms. The molecule has 172 valence electrons. The molecule has 2 aromatic rings. The van der Waals surface area contributed by atoms with E-state index < -0.39 is 17.8 Å². The van der Waals surface area contributed by atoms with Crippen LogP contribution >= 0.6 is 0 Å². The number of urea groups is 1. The molecular formula is C27H31N3O3. The minimum atomic E-state index is -0.730. The molecular weight excluding hydrogens is 414 g/mol. The van der Waals surface area contributed by atoms with Crippen LogP contribution in [0, 0.1) is 13.8 Å². The highest BCUT2D eigenvalue weighted by molar-refractivity contribution is 6.39. The van der Waals surface area contributed by atoms with Crippen molar-refractivity contribution < 1.29 is 14.4 Å². The Labute approximate surface area is 195 Å². The third-order valence-electron chi connectivity index (χ3n) is 6.60. The van der Waals surface area contributed by atoms with E-state index in [0.717, 1.165) is 34.6 Å². The maximum Gasteiger partial charge on any atom is 0.335 e. The minimum Gasteiger partial charge on any atom is -0.366 e. The number of amides is 4. The molecule has 0 bridgehead atoms. The van der Waals surface area contributed by atoms with Crippen molar-refractivity contribution >= 4 is 35.3 Å². The Morgan fingerprint density at radius 2 is 1.73 bits per heavy atom. The number of carbonyl (C=O) groups is 3. The molecule has 1 fully saturated rings. The van der Waals surface area contributed by atoms with E-state index in [-0.39, 0.29) is 11.1 Å². The molecule has 2 aromatic carbocycles. The molecule has 0 spiro atoms. The first-order valence-electron chi connectivity index (χ1n) is 11.4. The number of carbonyl (C=O) groups excluding carboxylic acids is 3. The highest BCUT2D eigenvalue weighted by atomic mass is 16.2. The standard InChI is InChI=1S/C27H31N3O3/c1-7-29-23-9-8-19(13-21(23)18(4)15-27(29,5)6)14-22-24(31)28-26(33)30(25(22)32)20-11-16(2)10-17(3)12-20/h8-14,18H,7,15H2,1-6H3,(H,28,31,33)/b22-14+/t18-/m1/s1. The number of barbiturate groups is 1. The van der Waals surface area contributed by atoms with Gasteiger partial charge < -0.3 is 4.90 Å². The Balaban J connectivity index is 1.74. The van der Waals surface area contributed by atoms with Gasteiger partial charge in [-0.05, 0) is 99.6 Å². The summed E-state index contributed by atoms with van der Waals surface area (Å²) < 4.78 is 0. The summed E-state index contributed by atoms with van der Waals surface area (Å²) in [4.78, 5) is 41.9. The molecule has 1 saturated heterocycles. The molecule has 1 atom stereocenters. The summed E-state index contributed by atoms with van der Waals surface area (Å²) in [6.45, 7) is 13.6. The summed E-state index contributed by atoms with van der Waals surface area (Å²) >= 11 is 0. The van der Waals surface area contributed by atoms with Crippen LogP contribution in [0.25, 0.3) is 6.08 Å². The van der Waals surface area contributed by atoms with Crippen molar-refractivity contribution in [1.29, 1.82) is 0 Å². The van der Waals surface area contributed by atoms with Crippen molar-refractivity contribution in [2.24, 2.45) is 0 Å². The molecule has 0 unspecified atom stereocenters. The number of imide groups is 2. The summed E-state index contributed by atoms with van der Waals surface area (Å²) in [5.41, 5.74) is 5.49. The van der Waals surface area contributed by atoms with Crippen LogP contribution in [0.3, 0.4) is 0 Å².